The van der Waals surface area contributed by atoms with Crippen molar-refractivity contribution in [1.82, 2.24) is 9.80 Å². The summed E-state index contributed by atoms with van der Waals surface area (Å²) < 4.78 is 5.51. The number of benzene rings is 2. The zero-order chi connectivity index (χ0) is 18.6. The molecule has 0 radical (unpaired) electrons. The molecule has 2 aliphatic heterocycles. The number of para-hydroxylation sites is 1. The van der Waals surface area contributed by atoms with Crippen LogP contribution in [0.2, 0.25) is 0 Å². The van der Waals surface area contributed by atoms with Crippen LogP contribution in [0.1, 0.15) is 22.6 Å². The smallest absolute Gasteiger partial charge is 0.0594 e. The standard InChI is InChI=1S/C23H31N3O/c1-24(2)15-19-7-9-20(10-8-19)16-26-18-21(17-25-11-13-27-14-12-25)22-5-3-4-6-23(22)26/h3-10,21H,11-18H2,1-2H3/t21-/m0/s1. The Balaban J connectivity index is 1.45. The molecule has 1 atom stereocenters. The SMILES string of the molecule is CN(C)Cc1ccc(CN2C[C@H](CN3CCOCC3)c3ccccc32)cc1. The van der Waals surface area contributed by atoms with Gasteiger partial charge in [0.2, 0.25) is 0 Å². The second-order valence-electron chi connectivity index (χ2n) is 8.10. The number of morpholine rings is 1. The minimum Gasteiger partial charge on any atom is -0.379 e. The third-order valence-corrected chi connectivity index (χ3v) is 5.64. The van der Waals surface area contributed by atoms with Gasteiger partial charge in [-0.3, -0.25) is 4.90 Å². The van der Waals surface area contributed by atoms with Crippen molar-refractivity contribution in [2.75, 3.05) is 58.4 Å². The molecular weight excluding hydrogens is 334 g/mol. The molecule has 27 heavy (non-hydrogen) atoms. The molecule has 0 unspecified atom stereocenters. The van der Waals surface area contributed by atoms with Crippen LogP contribution in [0.25, 0.3) is 0 Å². The molecule has 0 aliphatic carbocycles. The van der Waals surface area contributed by atoms with Crippen LogP contribution in [0.5, 0.6) is 0 Å². The molecule has 2 heterocycles. The summed E-state index contributed by atoms with van der Waals surface area (Å²) in [6.45, 7) is 8.09. The molecule has 2 aromatic rings. The zero-order valence-electron chi connectivity index (χ0n) is 16.6. The molecule has 2 aromatic carbocycles. The van der Waals surface area contributed by atoms with Crippen LogP contribution in [0.4, 0.5) is 5.69 Å². The molecule has 0 amide bonds. The highest BCUT2D eigenvalue weighted by Gasteiger charge is 2.30. The summed E-state index contributed by atoms with van der Waals surface area (Å²) >= 11 is 0. The van der Waals surface area contributed by atoms with Crippen LogP contribution in [0.15, 0.2) is 48.5 Å². The molecule has 0 bridgehead atoms. The van der Waals surface area contributed by atoms with Crippen LogP contribution in [0.3, 0.4) is 0 Å². The molecule has 0 saturated carbocycles. The summed E-state index contributed by atoms with van der Waals surface area (Å²) in [6.07, 6.45) is 0. The van der Waals surface area contributed by atoms with Crippen molar-refractivity contribution in [2.24, 2.45) is 0 Å². The summed E-state index contributed by atoms with van der Waals surface area (Å²) in [5.74, 6) is 0.590. The van der Waals surface area contributed by atoms with Gasteiger partial charge in [-0.15, -0.1) is 0 Å². The van der Waals surface area contributed by atoms with Crippen molar-refractivity contribution in [3.8, 4) is 0 Å². The third kappa shape index (κ3) is 4.52. The number of nitrogens with zero attached hydrogens (tertiary/aromatic N) is 3. The first-order valence-electron chi connectivity index (χ1n) is 10.1. The van der Waals surface area contributed by atoms with Gasteiger partial charge >= 0.3 is 0 Å². The molecule has 2 aliphatic rings. The second kappa shape index (κ2) is 8.42. The monoisotopic (exact) mass is 365 g/mol. The van der Waals surface area contributed by atoms with Crippen molar-refractivity contribution < 1.29 is 4.74 Å². The first-order chi connectivity index (χ1) is 13.2. The predicted molar refractivity (Wildman–Crippen MR) is 111 cm³/mol. The highest BCUT2D eigenvalue weighted by molar-refractivity contribution is 5.60. The van der Waals surface area contributed by atoms with E-state index in [1.807, 2.05) is 0 Å². The largest absolute Gasteiger partial charge is 0.379 e. The second-order valence-corrected chi connectivity index (χ2v) is 8.10. The molecule has 4 nitrogen and oxygen atoms in total. The van der Waals surface area contributed by atoms with E-state index in [4.69, 9.17) is 4.74 Å². The summed E-state index contributed by atoms with van der Waals surface area (Å²) in [5.41, 5.74) is 5.68. The summed E-state index contributed by atoms with van der Waals surface area (Å²) in [4.78, 5) is 7.33. The normalized spacial score (nSPS) is 20.3. The Labute approximate surface area is 163 Å². The summed E-state index contributed by atoms with van der Waals surface area (Å²) in [7, 11) is 4.23. The topological polar surface area (TPSA) is 19.0 Å². The predicted octanol–water partition coefficient (Wildman–Crippen LogP) is 3.18. The van der Waals surface area contributed by atoms with Gasteiger partial charge in [0.1, 0.15) is 0 Å². The van der Waals surface area contributed by atoms with Crippen molar-refractivity contribution in [2.45, 2.75) is 19.0 Å². The lowest BCUT2D eigenvalue weighted by Crippen LogP contribution is -2.39. The van der Waals surface area contributed by atoms with Crippen LogP contribution in [-0.4, -0.2) is 63.3 Å². The Morgan fingerprint density at radius 2 is 1.67 bits per heavy atom. The van der Waals surface area contributed by atoms with E-state index >= 15 is 0 Å². The number of anilines is 1. The maximum absolute atomic E-state index is 5.51. The molecule has 1 saturated heterocycles. The summed E-state index contributed by atoms with van der Waals surface area (Å²) in [5, 5.41) is 0. The molecule has 0 N–H and O–H groups in total. The summed E-state index contributed by atoms with van der Waals surface area (Å²) in [6, 6.07) is 18.1. The van der Waals surface area contributed by atoms with Gasteiger partial charge in [-0.05, 0) is 36.9 Å². The molecular formula is C23H31N3O. The number of hydrogen-bond donors (Lipinski definition) is 0. The molecule has 4 heteroatoms. The number of hydrogen-bond acceptors (Lipinski definition) is 4. The fraction of sp³-hybridized carbons (Fsp3) is 0.478. The van der Waals surface area contributed by atoms with Gasteiger partial charge in [0, 0.05) is 50.9 Å². The average Bonchev–Trinajstić information content (AvgIpc) is 3.01. The van der Waals surface area contributed by atoms with E-state index in [0.717, 1.165) is 52.5 Å². The number of ether oxygens (including phenoxy) is 1. The fourth-order valence-corrected chi connectivity index (χ4v) is 4.32. The van der Waals surface area contributed by atoms with Gasteiger partial charge in [-0.25, -0.2) is 0 Å². The van der Waals surface area contributed by atoms with E-state index in [9.17, 15) is 0 Å². The Bertz CT molecular complexity index is 738. The molecule has 0 aromatic heterocycles. The lowest BCUT2D eigenvalue weighted by molar-refractivity contribution is 0.0356. The lowest BCUT2D eigenvalue weighted by Gasteiger charge is -2.29. The minimum atomic E-state index is 0.590. The van der Waals surface area contributed by atoms with Gasteiger partial charge in [0.25, 0.3) is 0 Å². The van der Waals surface area contributed by atoms with Crippen molar-refractivity contribution in [1.29, 1.82) is 0 Å². The fourth-order valence-electron chi connectivity index (χ4n) is 4.32. The number of rotatable bonds is 6. The Kier molecular flexibility index (Phi) is 5.77. The Hall–Kier alpha value is -1.88. The van der Waals surface area contributed by atoms with E-state index in [2.05, 4.69) is 77.3 Å². The van der Waals surface area contributed by atoms with Gasteiger partial charge in [-0.2, -0.15) is 0 Å². The Morgan fingerprint density at radius 3 is 2.41 bits per heavy atom. The van der Waals surface area contributed by atoms with E-state index in [1.54, 1.807) is 0 Å². The molecule has 4 rings (SSSR count). The van der Waals surface area contributed by atoms with Crippen LogP contribution in [0, 0.1) is 0 Å². The van der Waals surface area contributed by atoms with Crippen molar-refractivity contribution in [3.05, 3.63) is 65.2 Å². The lowest BCUT2D eigenvalue weighted by atomic mass is 10.0. The van der Waals surface area contributed by atoms with Crippen LogP contribution < -0.4 is 4.90 Å². The van der Waals surface area contributed by atoms with Crippen molar-refractivity contribution >= 4 is 5.69 Å². The first kappa shape index (κ1) is 18.5. The highest BCUT2D eigenvalue weighted by Crippen LogP contribution is 2.37. The van der Waals surface area contributed by atoms with Crippen molar-refractivity contribution in [3.63, 3.8) is 0 Å². The van der Waals surface area contributed by atoms with Crippen LogP contribution >= 0.6 is 0 Å². The van der Waals surface area contributed by atoms with Gasteiger partial charge in [0.15, 0.2) is 0 Å². The highest BCUT2D eigenvalue weighted by atomic mass is 16.5. The van der Waals surface area contributed by atoms with E-state index < -0.39 is 0 Å². The van der Waals surface area contributed by atoms with E-state index in [1.165, 1.54) is 22.4 Å². The number of fused-ring (bicyclic) bond motifs is 1. The molecule has 0 spiro atoms. The molecule has 144 valence electrons. The van der Waals surface area contributed by atoms with Gasteiger partial charge in [-0.1, -0.05) is 42.5 Å². The quantitative estimate of drug-likeness (QED) is 0.783. The van der Waals surface area contributed by atoms with Gasteiger partial charge < -0.3 is 14.5 Å². The van der Waals surface area contributed by atoms with E-state index in [0.29, 0.717) is 5.92 Å². The maximum atomic E-state index is 5.51. The maximum Gasteiger partial charge on any atom is 0.0594 e. The zero-order valence-corrected chi connectivity index (χ0v) is 16.6. The third-order valence-electron chi connectivity index (χ3n) is 5.64. The van der Waals surface area contributed by atoms with Crippen LogP contribution in [-0.2, 0) is 17.8 Å². The van der Waals surface area contributed by atoms with E-state index in [-0.39, 0.29) is 0 Å². The first-order valence-corrected chi connectivity index (χ1v) is 10.1. The Morgan fingerprint density at radius 1 is 0.963 bits per heavy atom. The molecule has 1 fully saturated rings. The average molecular weight is 366 g/mol. The minimum absolute atomic E-state index is 0.590. The van der Waals surface area contributed by atoms with Gasteiger partial charge in [0.05, 0.1) is 13.2 Å².